The van der Waals surface area contributed by atoms with Gasteiger partial charge in [0.15, 0.2) is 0 Å². The second-order valence-corrected chi connectivity index (χ2v) is 4.85. The molecule has 0 aromatic heterocycles. The lowest BCUT2D eigenvalue weighted by Gasteiger charge is -2.17. The van der Waals surface area contributed by atoms with Crippen LogP contribution in [0.4, 0.5) is 0 Å². The van der Waals surface area contributed by atoms with Crippen LogP contribution in [0.25, 0.3) is 0 Å². The smallest absolute Gasteiger partial charge is 0.00388 e. The Balaban J connectivity index is 0.000000140. The minimum absolute atomic E-state index is 0.536. The molecule has 1 saturated heterocycles. The minimum atomic E-state index is 0.536. The fraction of sp³-hybridized carbons (Fsp3) is 1.00. The predicted octanol–water partition coefficient (Wildman–Crippen LogP) is 2.28. The molecule has 2 aliphatic rings. The summed E-state index contributed by atoms with van der Waals surface area (Å²) in [4.78, 5) is 0. The second kappa shape index (κ2) is 7.24. The number of hydrogen-bond donors (Lipinski definition) is 2. The highest BCUT2D eigenvalue weighted by atomic mass is 14.9. The molecule has 2 nitrogen and oxygen atoms in total. The van der Waals surface area contributed by atoms with Crippen LogP contribution in [-0.2, 0) is 0 Å². The Kier molecular flexibility index (Phi) is 6.20. The van der Waals surface area contributed by atoms with Crippen molar-refractivity contribution in [2.75, 3.05) is 13.1 Å². The average molecular weight is 198 g/mol. The van der Waals surface area contributed by atoms with Crippen LogP contribution in [0.3, 0.4) is 0 Å². The van der Waals surface area contributed by atoms with Gasteiger partial charge in [-0.3, -0.25) is 0 Å². The summed E-state index contributed by atoms with van der Waals surface area (Å²) < 4.78 is 0. The van der Waals surface area contributed by atoms with Crippen LogP contribution in [0.2, 0.25) is 0 Å². The van der Waals surface area contributed by atoms with Crippen LogP contribution in [0.15, 0.2) is 0 Å². The van der Waals surface area contributed by atoms with Gasteiger partial charge >= 0.3 is 0 Å². The van der Waals surface area contributed by atoms with E-state index in [0.717, 1.165) is 5.92 Å². The fourth-order valence-electron chi connectivity index (χ4n) is 2.16. The summed E-state index contributed by atoms with van der Waals surface area (Å²) in [6.45, 7) is 4.77. The Labute approximate surface area is 88.6 Å². The predicted molar refractivity (Wildman–Crippen MR) is 62.3 cm³/mol. The molecule has 14 heavy (non-hydrogen) atoms. The normalized spacial score (nSPS) is 29.1. The van der Waals surface area contributed by atoms with Crippen LogP contribution < -0.4 is 11.1 Å². The van der Waals surface area contributed by atoms with E-state index in [1.54, 1.807) is 0 Å². The SMILES string of the molecule is CC1CCCNC1.NC1CCCCC1. The quantitative estimate of drug-likeness (QED) is 0.627. The molecule has 1 heterocycles. The fourth-order valence-corrected chi connectivity index (χ4v) is 2.16. The van der Waals surface area contributed by atoms with Crippen LogP contribution in [0.5, 0.6) is 0 Å². The third kappa shape index (κ3) is 5.61. The van der Waals surface area contributed by atoms with Crippen molar-refractivity contribution in [3.8, 4) is 0 Å². The lowest BCUT2D eigenvalue weighted by molar-refractivity contribution is 0.405. The summed E-state index contributed by atoms with van der Waals surface area (Å²) in [6, 6.07) is 0.536. The van der Waals surface area contributed by atoms with Crippen molar-refractivity contribution in [1.82, 2.24) is 5.32 Å². The van der Waals surface area contributed by atoms with Crippen molar-refractivity contribution in [3.63, 3.8) is 0 Å². The van der Waals surface area contributed by atoms with Crippen molar-refractivity contribution in [1.29, 1.82) is 0 Å². The van der Waals surface area contributed by atoms with Crippen LogP contribution in [0, 0.1) is 5.92 Å². The average Bonchev–Trinajstić information content (AvgIpc) is 2.21. The van der Waals surface area contributed by atoms with E-state index >= 15 is 0 Å². The number of nitrogens with one attached hydrogen (secondary N) is 1. The van der Waals surface area contributed by atoms with E-state index in [0.29, 0.717) is 6.04 Å². The van der Waals surface area contributed by atoms with E-state index < -0.39 is 0 Å². The van der Waals surface area contributed by atoms with Crippen LogP contribution in [0.1, 0.15) is 51.9 Å². The summed E-state index contributed by atoms with van der Waals surface area (Å²) >= 11 is 0. The van der Waals surface area contributed by atoms with Gasteiger partial charge in [-0.15, -0.1) is 0 Å². The van der Waals surface area contributed by atoms with Crippen molar-refractivity contribution < 1.29 is 0 Å². The molecule has 0 radical (unpaired) electrons. The second-order valence-electron chi connectivity index (χ2n) is 4.85. The molecule has 0 amide bonds. The first kappa shape index (κ1) is 12.0. The topological polar surface area (TPSA) is 38.0 Å². The molecule has 1 aliphatic heterocycles. The molecular formula is C12H26N2. The maximum absolute atomic E-state index is 5.63. The number of rotatable bonds is 0. The zero-order chi connectivity index (χ0) is 10.2. The number of piperidine rings is 1. The molecule has 1 unspecified atom stereocenters. The molecule has 1 aliphatic carbocycles. The molecule has 3 N–H and O–H groups in total. The molecule has 0 aromatic rings. The first-order chi connectivity index (χ1) is 6.79. The summed E-state index contributed by atoms with van der Waals surface area (Å²) in [5.41, 5.74) is 5.63. The van der Waals surface area contributed by atoms with E-state index in [2.05, 4.69) is 12.2 Å². The first-order valence-corrected chi connectivity index (χ1v) is 6.25. The van der Waals surface area contributed by atoms with Gasteiger partial charge in [0.05, 0.1) is 0 Å². The van der Waals surface area contributed by atoms with Crippen molar-refractivity contribution in [3.05, 3.63) is 0 Å². The highest BCUT2D eigenvalue weighted by molar-refractivity contribution is 4.66. The third-order valence-electron chi connectivity index (χ3n) is 3.19. The Hall–Kier alpha value is -0.0800. The Morgan fingerprint density at radius 3 is 2.00 bits per heavy atom. The maximum Gasteiger partial charge on any atom is 0.00388 e. The van der Waals surface area contributed by atoms with Crippen molar-refractivity contribution in [2.24, 2.45) is 11.7 Å². The summed E-state index contributed by atoms with van der Waals surface area (Å²) in [5.74, 6) is 0.925. The first-order valence-electron chi connectivity index (χ1n) is 6.25. The van der Waals surface area contributed by atoms with Gasteiger partial charge in [0, 0.05) is 6.04 Å². The molecule has 84 valence electrons. The monoisotopic (exact) mass is 198 g/mol. The third-order valence-corrected chi connectivity index (χ3v) is 3.19. The minimum Gasteiger partial charge on any atom is -0.328 e. The van der Waals surface area contributed by atoms with E-state index in [-0.39, 0.29) is 0 Å². The van der Waals surface area contributed by atoms with Gasteiger partial charge in [0.2, 0.25) is 0 Å². The highest BCUT2D eigenvalue weighted by Gasteiger charge is 2.06. The van der Waals surface area contributed by atoms with Gasteiger partial charge in [-0.2, -0.15) is 0 Å². The molecule has 2 rings (SSSR count). The van der Waals surface area contributed by atoms with Crippen LogP contribution >= 0.6 is 0 Å². The van der Waals surface area contributed by atoms with Crippen LogP contribution in [-0.4, -0.2) is 19.1 Å². The molecule has 2 heteroatoms. The molecular weight excluding hydrogens is 172 g/mol. The number of hydrogen-bond acceptors (Lipinski definition) is 2. The summed E-state index contributed by atoms with van der Waals surface area (Å²) in [5, 5.41) is 3.33. The zero-order valence-electron chi connectivity index (χ0n) is 9.60. The van der Waals surface area contributed by atoms with Gasteiger partial charge in [-0.05, 0) is 44.7 Å². The Morgan fingerprint density at radius 1 is 1.00 bits per heavy atom. The van der Waals surface area contributed by atoms with E-state index in [1.165, 1.54) is 58.0 Å². The van der Waals surface area contributed by atoms with Gasteiger partial charge in [0.25, 0.3) is 0 Å². The molecule has 1 saturated carbocycles. The Bertz CT molecular complexity index is 108. The maximum atomic E-state index is 5.63. The largest absolute Gasteiger partial charge is 0.328 e. The molecule has 2 fully saturated rings. The molecule has 1 atom stereocenters. The van der Waals surface area contributed by atoms with Gasteiger partial charge in [-0.1, -0.05) is 26.2 Å². The number of nitrogens with two attached hydrogens (primary N) is 1. The molecule has 0 aromatic carbocycles. The summed E-state index contributed by atoms with van der Waals surface area (Å²) in [7, 11) is 0. The van der Waals surface area contributed by atoms with E-state index in [1.807, 2.05) is 0 Å². The van der Waals surface area contributed by atoms with Gasteiger partial charge in [-0.25, -0.2) is 0 Å². The highest BCUT2D eigenvalue weighted by Crippen LogP contribution is 2.14. The Morgan fingerprint density at radius 2 is 1.71 bits per heavy atom. The van der Waals surface area contributed by atoms with Gasteiger partial charge < -0.3 is 11.1 Å². The molecule has 0 spiro atoms. The summed E-state index contributed by atoms with van der Waals surface area (Å²) in [6.07, 6.45) is 9.46. The molecule has 0 bridgehead atoms. The lowest BCUT2D eigenvalue weighted by Crippen LogP contribution is -2.27. The standard InChI is InChI=1S/2C6H13N/c1-6-3-2-4-7-5-6;7-6-4-2-1-3-5-6/h6-7H,2-5H2,1H3;6H,1-5,7H2. The van der Waals surface area contributed by atoms with E-state index in [9.17, 15) is 0 Å². The van der Waals surface area contributed by atoms with Crippen molar-refractivity contribution >= 4 is 0 Å². The lowest BCUT2D eigenvalue weighted by atomic mass is 9.97. The van der Waals surface area contributed by atoms with Gasteiger partial charge in [0.1, 0.15) is 0 Å². The van der Waals surface area contributed by atoms with E-state index in [4.69, 9.17) is 5.73 Å². The zero-order valence-corrected chi connectivity index (χ0v) is 9.60. The van der Waals surface area contributed by atoms with Crippen molar-refractivity contribution in [2.45, 2.75) is 57.9 Å².